The molecule has 4 rings (SSSR count). The molecule has 1 aliphatic rings. The lowest BCUT2D eigenvalue weighted by atomic mass is 10.2. The van der Waals surface area contributed by atoms with Gasteiger partial charge in [0.15, 0.2) is 5.76 Å². The number of nitrogens with zero attached hydrogens (tertiary/aromatic N) is 4. The molecular formula is C19H19Cl2N5O2. The minimum Gasteiger partial charge on any atom is -0.455 e. The van der Waals surface area contributed by atoms with Crippen LogP contribution in [-0.4, -0.2) is 38.7 Å². The highest BCUT2D eigenvalue weighted by molar-refractivity contribution is 6.35. The van der Waals surface area contributed by atoms with Gasteiger partial charge in [-0.3, -0.25) is 15.0 Å². The van der Waals surface area contributed by atoms with Crippen molar-refractivity contribution in [3.05, 3.63) is 63.8 Å². The molecule has 7 nitrogen and oxygen atoms in total. The van der Waals surface area contributed by atoms with E-state index in [1.807, 2.05) is 12.1 Å². The van der Waals surface area contributed by atoms with Gasteiger partial charge in [0.05, 0.1) is 13.1 Å². The van der Waals surface area contributed by atoms with Crippen LogP contribution in [0.1, 0.15) is 34.7 Å². The molecule has 0 unspecified atom stereocenters. The molecule has 1 fully saturated rings. The van der Waals surface area contributed by atoms with E-state index in [1.165, 1.54) is 19.2 Å². The second-order valence-electron chi connectivity index (χ2n) is 6.70. The molecule has 146 valence electrons. The van der Waals surface area contributed by atoms with Crippen LogP contribution in [0.4, 0.5) is 5.95 Å². The Morgan fingerprint density at radius 2 is 1.96 bits per heavy atom. The monoisotopic (exact) mass is 419 g/mol. The Morgan fingerprint density at radius 1 is 1.14 bits per heavy atom. The summed E-state index contributed by atoms with van der Waals surface area (Å²) >= 11 is 12.1. The molecule has 1 aliphatic heterocycles. The van der Waals surface area contributed by atoms with Gasteiger partial charge in [0, 0.05) is 10.0 Å². The zero-order chi connectivity index (χ0) is 19.5. The Kier molecular flexibility index (Phi) is 5.66. The summed E-state index contributed by atoms with van der Waals surface area (Å²) in [7, 11) is 0. The van der Waals surface area contributed by atoms with E-state index in [2.05, 4.69) is 20.3 Å². The van der Waals surface area contributed by atoms with E-state index in [-0.39, 0.29) is 17.6 Å². The van der Waals surface area contributed by atoms with Gasteiger partial charge in [0.2, 0.25) is 5.95 Å². The van der Waals surface area contributed by atoms with E-state index in [0.29, 0.717) is 16.6 Å². The summed E-state index contributed by atoms with van der Waals surface area (Å²) in [6.45, 7) is 3.28. The van der Waals surface area contributed by atoms with Gasteiger partial charge in [-0.15, -0.1) is 5.10 Å². The molecular weight excluding hydrogens is 401 g/mol. The first-order valence-corrected chi connectivity index (χ1v) is 9.78. The third kappa shape index (κ3) is 4.55. The number of hydrogen-bond acceptors (Lipinski definition) is 5. The Bertz CT molecular complexity index is 978. The highest BCUT2D eigenvalue weighted by atomic mass is 35.5. The molecule has 1 saturated heterocycles. The van der Waals surface area contributed by atoms with Crippen LogP contribution in [0.2, 0.25) is 10.0 Å². The molecule has 1 amide bonds. The molecule has 3 heterocycles. The summed E-state index contributed by atoms with van der Waals surface area (Å²) in [6, 6.07) is 8.77. The molecule has 0 spiro atoms. The number of furan rings is 1. The summed E-state index contributed by atoms with van der Waals surface area (Å²) in [5.41, 5.74) is 0.853. The quantitative estimate of drug-likeness (QED) is 0.651. The fourth-order valence-corrected chi connectivity index (χ4v) is 3.63. The maximum absolute atomic E-state index is 12.4. The number of hydrogen-bond donors (Lipinski definition) is 1. The molecule has 9 heteroatoms. The zero-order valence-electron chi connectivity index (χ0n) is 15.1. The van der Waals surface area contributed by atoms with Crippen LogP contribution >= 0.6 is 23.2 Å². The molecule has 28 heavy (non-hydrogen) atoms. The molecule has 2 aromatic heterocycles. The van der Waals surface area contributed by atoms with Crippen molar-refractivity contribution < 1.29 is 9.21 Å². The smallest absolute Gasteiger partial charge is 0.293 e. The van der Waals surface area contributed by atoms with E-state index in [0.717, 1.165) is 31.0 Å². The SMILES string of the molecule is O=C(Nc1ncn(Cc2ccc(Cl)cc2Cl)n1)c1ccc(CN2CCCC2)o1. The summed E-state index contributed by atoms with van der Waals surface area (Å²) in [5.74, 6) is 0.844. The number of rotatable bonds is 6. The van der Waals surface area contributed by atoms with Crippen molar-refractivity contribution >= 4 is 35.1 Å². The van der Waals surface area contributed by atoms with Gasteiger partial charge in [-0.25, -0.2) is 9.67 Å². The fraction of sp³-hybridized carbons (Fsp3) is 0.316. The largest absolute Gasteiger partial charge is 0.455 e. The highest BCUT2D eigenvalue weighted by Gasteiger charge is 2.17. The lowest BCUT2D eigenvalue weighted by Crippen LogP contribution is -2.18. The zero-order valence-corrected chi connectivity index (χ0v) is 16.6. The molecule has 0 bridgehead atoms. The number of amides is 1. The van der Waals surface area contributed by atoms with Crippen molar-refractivity contribution in [3.63, 3.8) is 0 Å². The topological polar surface area (TPSA) is 76.2 Å². The normalized spacial score (nSPS) is 14.5. The first kappa shape index (κ1) is 19.0. The third-order valence-electron chi connectivity index (χ3n) is 4.57. The first-order valence-electron chi connectivity index (χ1n) is 9.02. The summed E-state index contributed by atoms with van der Waals surface area (Å²) < 4.78 is 7.25. The average Bonchev–Trinajstić information content (AvgIpc) is 3.40. The molecule has 0 aliphatic carbocycles. The van der Waals surface area contributed by atoms with Gasteiger partial charge in [-0.05, 0) is 55.8 Å². The Balaban J connectivity index is 1.36. The standard InChI is InChI=1S/C19H19Cl2N5O2/c20-14-4-3-13(16(21)9-14)10-26-12-22-19(24-26)23-18(27)17-6-5-15(28-17)11-25-7-1-2-8-25/h3-6,9,12H,1-2,7-8,10-11H2,(H,23,24,27). The molecule has 1 aromatic carbocycles. The van der Waals surface area contributed by atoms with E-state index < -0.39 is 0 Å². The summed E-state index contributed by atoms with van der Waals surface area (Å²) in [6.07, 6.45) is 3.95. The van der Waals surface area contributed by atoms with Gasteiger partial charge in [0.1, 0.15) is 12.1 Å². The lowest BCUT2D eigenvalue weighted by molar-refractivity contribution is 0.0992. The van der Waals surface area contributed by atoms with Gasteiger partial charge in [0.25, 0.3) is 5.91 Å². The van der Waals surface area contributed by atoms with Crippen LogP contribution in [-0.2, 0) is 13.1 Å². The van der Waals surface area contributed by atoms with E-state index in [4.69, 9.17) is 27.6 Å². The van der Waals surface area contributed by atoms with Crippen LogP contribution in [0.15, 0.2) is 41.1 Å². The lowest BCUT2D eigenvalue weighted by Gasteiger charge is -2.11. The van der Waals surface area contributed by atoms with Crippen LogP contribution in [0.3, 0.4) is 0 Å². The summed E-state index contributed by atoms with van der Waals surface area (Å²) in [4.78, 5) is 18.8. The van der Waals surface area contributed by atoms with Crippen LogP contribution in [0.25, 0.3) is 0 Å². The fourth-order valence-electron chi connectivity index (χ4n) is 3.16. The first-order chi connectivity index (χ1) is 13.6. The molecule has 0 radical (unpaired) electrons. The second-order valence-corrected chi connectivity index (χ2v) is 7.55. The summed E-state index contributed by atoms with van der Waals surface area (Å²) in [5, 5.41) is 8.03. The maximum Gasteiger partial charge on any atom is 0.293 e. The number of nitrogens with one attached hydrogen (secondary N) is 1. The minimum atomic E-state index is -0.380. The molecule has 1 N–H and O–H groups in total. The van der Waals surface area contributed by atoms with Crippen molar-refractivity contribution in [2.45, 2.75) is 25.9 Å². The highest BCUT2D eigenvalue weighted by Crippen LogP contribution is 2.22. The Morgan fingerprint density at radius 3 is 2.75 bits per heavy atom. The number of likely N-dealkylation sites (tertiary alicyclic amines) is 1. The van der Waals surface area contributed by atoms with E-state index in [9.17, 15) is 4.79 Å². The number of halogens is 2. The van der Waals surface area contributed by atoms with E-state index in [1.54, 1.807) is 22.9 Å². The van der Waals surface area contributed by atoms with Crippen LogP contribution < -0.4 is 5.32 Å². The van der Waals surface area contributed by atoms with Gasteiger partial charge in [-0.1, -0.05) is 29.3 Å². The maximum atomic E-state index is 12.4. The van der Waals surface area contributed by atoms with Crippen LogP contribution in [0.5, 0.6) is 0 Å². The van der Waals surface area contributed by atoms with Gasteiger partial charge >= 0.3 is 0 Å². The Labute approximate surface area is 172 Å². The van der Waals surface area contributed by atoms with Crippen molar-refractivity contribution in [2.24, 2.45) is 0 Å². The Hall–Kier alpha value is -2.35. The van der Waals surface area contributed by atoms with Crippen molar-refractivity contribution in [1.82, 2.24) is 19.7 Å². The van der Waals surface area contributed by atoms with Crippen molar-refractivity contribution in [3.8, 4) is 0 Å². The van der Waals surface area contributed by atoms with Gasteiger partial charge < -0.3 is 4.42 Å². The second kappa shape index (κ2) is 8.34. The molecule has 3 aromatic rings. The third-order valence-corrected chi connectivity index (χ3v) is 5.16. The minimum absolute atomic E-state index is 0.201. The van der Waals surface area contributed by atoms with Crippen molar-refractivity contribution in [1.29, 1.82) is 0 Å². The number of aromatic nitrogens is 3. The average molecular weight is 420 g/mol. The number of anilines is 1. The predicted molar refractivity (Wildman–Crippen MR) is 107 cm³/mol. The van der Waals surface area contributed by atoms with E-state index >= 15 is 0 Å². The number of carbonyl (C=O) groups is 1. The number of carbonyl (C=O) groups excluding carboxylic acids is 1. The molecule has 0 saturated carbocycles. The predicted octanol–water partition coefficient (Wildman–Crippen LogP) is 4.07. The molecule has 0 atom stereocenters. The van der Waals surface area contributed by atoms with Gasteiger partial charge in [-0.2, -0.15) is 0 Å². The van der Waals surface area contributed by atoms with Crippen LogP contribution in [0, 0.1) is 0 Å². The van der Waals surface area contributed by atoms with Crippen molar-refractivity contribution in [2.75, 3.05) is 18.4 Å². The number of benzene rings is 1.